The van der Waals surface area contributed by atoms with Crippen LogP contribution in [-0.4, -0.2) is 60.2 Å². The van der Waals surface area contributed by atoms with Crippen molar-refractivity contribution >= 4 is 35.8 Å². The number of amides is 3. The molecule has 2 aliphatic heterocycles. The summed E-state index contributed by atoms with van der Waals surface area (Å²) >= 11 is 0. The van der Waals surface area contributed by atoms with Crippen molar-refractivity contribution in [2.75, 3.05) is 37.6 Å². The molecule has 3 amide bonds. The monoisotopic (exact) mass is 413 g/mol. The third-order valence-electron chi connectivity index (χ3n) is 5.52. The van der Waals surface area contributed by atoms with Gasteiger partial charge < -0.3 is 9.80 Å². The fourth-order valence-corrected chi connectivity index (χ4v) is 3.92. The Bertz CT molecular complexity index is 903. The van der Waals surface area contributed by atoms with Gasteiger partial charge in [-0.25, -0.2) is 0 Å². The molecule has 2 aliphatic rings. The molecule has 4 rings (SSSR count). The number of rotatable bonds is 4. The number of carbonyl (C=O) groups excluding carboxylic acids is 3. The second-order valence-corrected chi connectivity index (χ2v) is 7.21. The van der Waals surface area contributed by atoms with Crippen molar-refractivity contribution in [2.24, 2.45) is 0 Å². The van der Waals surface area contributed by atoms with Gasteiger partial charge in [0.05, 0.1) is 11.1 Å². The average Bonchev–Trinajstić information content (AvgIpc) is 2.97. The van der Waals surface area contributed by atoms with Crippen LogP contribution in [0.5, 0.6) is 0 Å². The van der Waals surface area contributed by atoms with Crippen LogP contribution in [0.4, 0.5) is 5.69 Å². The molecular formula is C22H24ClN3O3. The van der Waals surface area contributed by atoms with E-state index in [1.54, 1.807) is 24.3 Å². The molecule has 0 aromatic heterocycles. The van der Waals surface area contributed by atoms with Crippen LogP contribution in [0, 0.1) is 6.92 Å². The Balaban J connectivity index is 0.00000240. The van der Waals surface area contributed by atoms with Gasteiger partial charge in [0, 0.05) is 44.8 Å². The summed E-state index contributed by atoms with van der Waals surface area (Å²) < 4.78 is 0. The maximum atomic E-state index is 12.6. The summed E-state index contributed by atoms with van der Waals surface area (Å²) in [5.41, 5.74) is 3.28. The highest BCUT2D eigenvalue weighted by atomic mass is 35.5. The number of halogens is 1. The minimum Gasteiger partial charge on any atom is -0.368 e. The van der Waals surface area contributed by atoms with E-state index in [9.17, 15) is 14.4 Å². The van der Waals surface area contributed by atoms with Crippen LogP contribution >= 0.6 is 12.4 Å². The molecule has 1 fully saturated rings. The molecule has 0 N–H and O–H groups in total. The van der Waals surface area contributed by atoms with Crippen molar-refractivity contribution in [3.05, 3.63) is 65.2 Å². The van der Waals surface area contributed by atoms with Gasteiger partial charge in [0.25, 0.3) is 11.8 Å². The summed E-state index contributed by atoms with van der Waals surface area (Å²) in [7, 11) is 0. The zero-order chi connectivity index (χ0) is 19.7. The van der Waals surface area contributed by atoms with Gasteiger partial charge in [-0.15, -0.1) is 12.4 Å². The van der Waals surface area contributed by atoms with Gasteiger partial charge in [0.15, 0.2) is 0 Å². The number of imide groups is 1. The number of anilines is 1. The largest absolute Gasteiger partial charge is 0.368 e. The first-order valence-corrected chi connectivity index (χ1v) is 9.60. The Morgan fingerprint density at radius 3 is 2.00 bits per heavy atom. The van der Waals surface area contributed by atoms with Gasteiger partial charge in [0.2, 0.25) is 5.91 Å². The van der Waals surface area contributed by atoms with Gasteiger partial charge in [-0.2, -0.15) is 0 Å². The summed E-state index contributed by atoms with van der Waals surface area (Å²) in [6, 6.07) is 15.0. The molecule has 6 nitrogen and oxygen atoms in total. The number of benzene rings is 2. The summed E-state index contributed by atoms with van der Waals surface area (Å²) in [4.78, 5) is 42.7. The molecule has 0 radical (unpaired) electrons. The predicted molar refractivity (Wildman–Crippen MR) is 114 cm³/mol. The quantitative estimate of drug-likeness (QED) is 0.723. The zero-order valence-corrected chi connectivity index (χ0v) is 17.2. The number of aryl methyl sites for hydroxylation is 1. The molecular weight excluding hydrogens is 390 g/mol. The normalized spacial score (nSPS) is 16.0. The fraction of sp³-hybridized carbons (Fsp3) is 0.318. The first-order chi connectivity index (χ1) is 13.6. The van der Waals surface area contributed by atoms with E-state index in [2.05, 4.69) is 24.0 Å². The SMILES string of the molecule is Cc1ccccc1N1CCN(C(=O)CCN2C(=O)c3ccccc3C2=O)CC1.Cl. The lowest BCUT2D eigenvalue weighted by Crippen LogP contribution is -2.49. The standard InChI is InChI=1S/C22H23N3O3.ClH/c1-16-6-2-5-9-19(16)23-12-14-24(15-13-23)20(26)10-11-25-21(27)17-7-3-4-8-18(17)22(25)28;/h2-9H,10-15H2,1H3;1H. The van der Waals surface area contributed by atoms with Crippen LogP contribution in [0.15, 0.2) is 48.5 Å². The van der Waals surface area contributed by atoms with Crippen molar-refractivity contribution in [1.29, 1.82) is 0 Å². The van der Waals surface area contributed by atoms with Gasteiger partial charge in [0.1, 0.15) is 0 Å². The van der Waals surface area contributed by atoms with Gasteiger partial charge in [-0.3, -0.25) is 19.3 Å². The van der Waals surface area contributed by atoms with E-state index < -0.39 is 0 Å². The molecule has 0 bridgehead atoms. The Kier molecular flexibility index (Phi) is 6.23. The van der Waals surface area contributed by atoms with E-state index in [1.165, 1.54) is 16.2 Å². The number of nitrogens with zero attached hydrogens (tertiary/aromatic N) is 3. The van der Waals surface area contributed by atoms with E-state index in [0.29, 0.717) is 24.2 Å². The van der Waals surface area contributed by atoms with Crippen LogP contribution in [-0.2, 0) is 4.79 Å². The molecule has 152 valence electrons. The van der Waals surface area contributed by atoms with Crippen molar-refractivity contribution in [2.45, 2.75) is 13.3 Å². The smallest absolute Gasteiger partial charge is 0.261 e. The van der Waals surface area contributed by atoms with Crippen molar-refractivity contribution in [3.8, 4) is 0 Å². The van der Waals surface area contributed by atoms with Crippen molar-refractivity contribution in [1.82, 2.24) is 9.80 Å². The van der Waals surface area contributed by atoms with E-state index in [0.717, 1.165) is 13.1 Å². The minimum absolute atomic E-state index is 0. The molecule has 2 aromatic carbocycles. The third kappa shape index (κ3) is 3.98. The van der Waals surface area contributed by atoms with Crippen LogP contribution in [0.3, 0.4) is 0 Å². The maximum absolute atomic E-state index is 12.6. The number of hydrogen-bond donors (Lipinski definition) is 0. The second kappa shape index (κ2) is 8.66. The molecule has 29 heavy (non-hydrogen) atoms. The highest BCUT2D eigenvalue weighted by molar-refractivity contribution is 6.21. The molecule has 2 heterocycles. The van der Waals surface area contributed by atoms with Crippen LogP contribution in [0.2, 0.25) is 0 Å². The highest BCUT2D eigenvalue weighted by Gasteiger charge is 2.35. The lowest BCUT2D eigenvalue weighted by molar-refractivity contribution is -0.131. The minimum atomic E-state index is -0.308. The molecule has 0 saturated carbocycles. The fourth-order valence-electron chi connectivity index (χ4n) is 3.92. The van der Waals surface area contributed by atoms with Crippen LogP contribution in [0.1, 0.15) is 32.7 Å². The molecule has 0 atom stereocenters. The molecule has 0 aliphatic carbocycles. The molecule has 1 saturated heterocycles. The summed E-state index contributed by atoms with van der Waals surface area (Å²) in [5, 5.41) is 0. The van der Waals surface area contributed by atoms with Crippen LogP contribution < -0.4 is 4.90 Å². The first-order valence-electron chi connectivity index (χ1n) is 9.60. The summed E-state index contributed by atoms with van der Waals surface area (Å²) in [5.74, 6) is -0.628. The average molecular weight is 414 g/mol. The van der Waals surface area contributed by atoms with Crippen molar-refractivity contribution < 1.29 is 14.4 Å². The number of carbonyl (C=O) groups is 3. The Morgan fingerprint density at radius 1 is 0.862 bits per heavy atom. The number of para-hydroxylation sites is 1. The van der Waals surface area contributed by atoms with E-state index in [-0.39, 0.29) is 43.1 Å². The van der Waals surface area contributed by atoms with Gasteiger partial charge in [-0.05, 0) is 30.7 Å². The van der Waals surface area contributed by atoms with E-state index in [1.807, 2.05) is 17.0 Å². The first kappa shape index (κ1) is 20.9. The molecule has 0 spiro atoms. The Labute approximate surface area is 176 Å². The van der Waals surface area contributed by atoms with Gasteiger partial charge in [-0.1, -0.05) is 30.3 Å². The van der Waals surface area contributed by atoms with Crippen LogP contribution in [0.25, 0.3) is 0 Å². The summed E-state index contributed by atoms with van der Waals surface area (Å²) in [6.07, 6.45) is 0.163. The second-order valence-electron chi connectivity index (χ2n) is 7.21. The maximum Gasteiger partial charge on any atom is 0.261 e. The van der Waals surface area contributed by atoms with E-state index >= 15 is 0 Å². The van der Waals surface area contributed by atoms with E-state index in [4.69, 9.17) is 0 Å². The number of piperazine rings is 1. The lowest BCUT2D eigenvalue weighted by Gasteiger charge is -2.37. The highest BCUT2D eigenvalue weighted by Crippen LogP contribution is 2.23. The molecule has 7 heteroatoms. The van der Waals surface area contributed by atoms with Gasteiger partial charge >= 0.3 is 0 Å². The predicted octanol–water partition coefficient (Wildman–Crippen LogP) is 2.75. The Morgan fingerprint density at radius 2 is 1.41 bits per heavy atom. The molecule has 0 unspecified atom stereocenters. The topological polar surface area (TPSA) is 60.9 Å². The molecule has 2 aromatic rings. The number of hydrogen-bond acceptors (Lipinski definition) is 4. The number of fused-ring (bicyclic) bond motifs is 1. The van der Waals surface area contributed by atoms with Crippen molar-refractivity contribution in [3.63, 3.8) is 0 Å². The lowest BCUT2D eigenvalue weighted by atomic mass is 10.1. The summed E-state index contributed by atoms with van der Waals surface area (Å²) in [6.45, 7) is 5.08. The third-order valence-corrected chi connectivity index (χ3v) is 5.52. The zero-order valence-electron chi connectivity index (χ0n) is 16.3. The Hall–Kier alpha value is -2.86.